The van der Waals surface area contributed by atoms with Crippen molar-refractivity contribution < 1.29 is 19.0 Å². The largest absolute Gasteiger partial charge is 0.490 e. The van der Waals surface area contributed by atoms with Gasteiger partial charge in [0.25, 0.3) is 5.91 Å². The summed E-state index contributed by atoms with van der Waals surface area (Å²) in [5.41, 5.74) is 1.75. The maximum Gasteiger partial charge on any atom is 0.266 e. The highest BCUT2D eigenvalue weighted by Crippen LogP contribution is 2.38. The van der Waals surface area contributed by atoms with Crippen LogP contribution in [0.15, 0.2) is 41.3 Å². The normalized spacial score (nSPS) is 19.5. The lowest BCUT2D eigenvalue weighted by atomic mass is 10.1. The minimum atomic E-state index is -0.0764. The summed E-state index contributed by atoms with van der Waals surface area (Å²) in [5.74, 6) is 1.20. The van der Waals surface area contributed by atoms with Gasteiger partial charge in [-0.05, 0) is 72.2 Å². The van der Waals surface area contributed by atoms with Crippen LogP contribution in [0.2, 0.25) is 5.02 Å². The van der Waals surface area contributed by atoms with E-state index in [0.717, 1.165) is 34.1 Å². The van der Waals surface area contributed by atoms with Crippen LogP contribution >= 0.6 is 58.2 Å². The van der Waals surface area contributed by atoms with E-state index in [1.54, 1.807) is 4.90 Å². The van der Waals surface area contributed by atoms with Crippen LogP contribution in [0.1, 0.15) is 30.9 Å². The van der Waals surface area contributed by atoms with Gasteiger partial charge in [0.2, 0.25) is 0 Å². The number of carbonyl (C=O) groups excluding carboxylic acids is 1. The van der Waals surface area contributed by atoms with Gasteiger partial charge in [-0.25, -0.2) is 0 Å². The molecule has 1 atom stereocenters. The van der Waals surface area contributed by atoms with E-state index in [-0.39, 0.29) is 12.0 Å². The van der Waals surface area contributed by atoms with Gasteiger partial charge in [-0.1, -0.05) is 53.8 Å². The average Bonchev–Trinajstić information content (AvgIpc) is 3.39. The van der Waals surface area contributed by atoms with Crippen LogP contribution in [-0.2, 0) is 16.1 Å². The topological polar surface area (TPSA) is 48.0 Å². The summed E-state index contributed by atoms with van der Waals surface area (Å²) < 4.78 is 19.1. The summed E-state index contributed by atoms with van der Waals surface area (Å²) in [7, 11) is 0. The Hall–Kier alpha value is -1.33. The fourth-order valence-corrected chi connectivity index (χ4v) is 5.89. The Morgan fingerprint density at radius 2 is 2.15 bits per heavy atom. The molecule has 0 saturated carbocycles. The first kappa shape index (κ1) is 24.8. The third-order valence-electron chi connectivity index (χ3n) is 5.24. The van der Waals surface area contributed by atoms with Crippen molar-refractivity contribution in [2.45, 2.75) is 32.5 Å². The van der Waals surface area contributed by atoms with Crippen LogP contribution in [0.25, 0.3) is 6.08 Å². The van der Waals surface area contributed by atoms with Crippen molar-refractivity contribution in [1.29, 1.82) is 0 Å². The van der Waals surface area contributed by atoms with E-state index in [2.05, 4.69) is 22.6 Å². The molecule has 2 fully saturated rings. The second kappa shape index (κ2) is 11.4. The van der Waals surface area contributed by atoms with Crippen LogP contribution in [0.4, 0.5) is 0 Å². The molecule has 2 aliphatic heterocycles. The van der Waals surface area contributed by atoms with Gasteiger partial charge >= 0.3 is 0 Å². The van der Waals surface area contributed by atoms with Crippen molar-refractivity contribution in [3.63, 3.8) is 0 Å². The van der Waals surface area contributed by atoms with Crippen LogP contribution in [0.5, 0.6) is 11.5 Å². The number of thiocarbonyl (C=S) groups is 1. The Bertz CT molecular complexity index is 1090. The molecular formula is C24H23ClINO4S2. The lowest BCUT2D eigenvalue weighted by Gasteiger charge is -2.18. The summed E-state index contributed by atoms with van der Waals surface area (Å²) in [6, 6.07) is 11.4. The zero-order valence-corrected chi connectivity index (χ0v) is 22.6. The second-order valence-corrected chi connectivity index (χ2v) is 10.8. The molecule has 5 nitrogen and oxygen atoms in total. The molecule has 9 heteroatoms. The second-order valence-electron chi connectivity index (χ2n) is 7.57. The Kier molecular flexibility index (Phi) is 8.56. The summed E-state index contributed by atoms with van der Waals surface area (Å²) in [5, 5.41) is 0.659. The lowest BCUT2D eigenvalue weighted by Crippen LogP contribution is -2.35. The highest BCUT2D eigenvalue weighted by atomic mass is 127. The third kappa shape index (κ3) is 6.03. The van der Waals surface area contributed by atoms with Crippen LogP contribution < -0.4 is 9.47 Å². The number of carbonyl (C=O) groups is 1. The Labute approximate surface area is 221 Å². The Morgan fingerprint density at radius 3 is 2.88 bits per heavy atom. The third-order valence-corrected chi connectivity index (χ3v) is 7.79. The number of rotatable bonds is 8. The van der Waals surface area contributed by atoms with Gasteiger partial charge in [0.1, 0.15) is 10.9 Å². The summed E-state index contributed by atoms with van der Waals surface area (Å²) in [6.07, 6.45) is 3.91. The number of halogens is 2. The molecule has 4 rings (SSSR count). The van der Waals surface area contributed by atoms with E-state index in [1.807, 2.05) is 49.4 Å². The number of thioether (sulfide) groups is 1. The molecule has 2 aromatic rings. The number of hydrogen-bond donors (Lipinski definition) is 0. The SMILES string of the molecule is CCOc1cc(/C=C2\SC(=S)N(C[C@@H]3CCCO3)C2=O)cc(I)c1OCc1ccccc1Cl. The molecule has 1 amide bonds. The molecule has 2 heterocycles. The molecule has 0 spiro atoms. The average molecular weight is 616 g/mol. The first-order chi connectivity index (χ1) is 16.0. The maximum absolute atomic E-state index is 13.0. The highest BCUT2D eigenvalue weighted by Gasteiger charge is 2.34. The van der Waals surface area contributed by atoms with Gasteiger partial charge in [-0.3, -0.25) is 9.69 Å². The van der Waals surface area contributed by atoms with Crippen molar-refractivity contribution in [3.8, 4) is 11.5 Å². The summed E-state index contributed by atoms with van der Waals surface area (Å²) >= 11 is 15.3. The molecule has 0 aromatic heterocycles. The number of ether oxygens (including phenoxy) is 3. The number of hydrogen-bond acceptors (Lipinski definition) is 6. The predicted molar refractivity (Wildman–Crippen MR) is 145 cm³/mol. The van der Waals surface area contributed by atoms with Crippen LogP contribution in [0, 0.1) is 3.57 Å². The fourth-order valence-electron chi connectivity index (χ4n) is 3.64. The molecule has 2 aliphatic rings. The van der Waals surface area contributed by atoms with Gasteiger partial charge < -0.3 is 14.2 Å². The monoisotopic (exact) mass is 615 g/mol. The molecule has 0 unspecified atom stereocenters. The van der Waals surface area contributed by atoms with E-state index < -0.39 is 0 Å². The van der Waals surface area contributed by atoms with Gasteiger partial charge in [-0.15, -0.1) is 0 Å². The maximum atomic E-state index is 13.0. The van der Waals surface area contributed by atoms with E-state index in [0.29, 0.717) is 45.5 Å². The lowest BCUT2D eigenvalue weighted by molar-refractivity contribution is -0.123. The molecule has 0 N–H and O–H groups in total. The minimum Gasteiger partial charge on any atom is -0.490 e. The van der Waals surface area contributed by atoms with Crippen molar-refractivity contribution in [2.75, 3.05) is 19.8 Å². The number of amides is 1. The van der Waals surface area contributed by atoms with E-state index in [1.165, 1.54) is 11.8 Å². The van der Waals surface area contributed by atoms with Crippen molar-refractivity contribution in [1.82, 2.24) is 4.90 Å². The van der Waals surface area contributed by atoms with Crippen molar-refractivity contribution in [2.24, 2.45) is 0 Å². The molecule has 174 valence electrons. The molecule has 2 aromatic carbocycles. The van der Waals surface area contributed by atoms with Gasteiger partial charge in [0, 0.05) is 17.2 Å². The fraction of sp³-hybridized carbons (Fsp3) is 0.333. The number of nitrogens with zero attached hydrogens (tertiary/aromatic N) is 1. The minimum absolute atomic E-state index is 0.0619. The van der Waals surface area contributed by atoms with E-state index in [4.69, 9.17) is 38.0 Å². The quantitative estimate of drug-likeness (QED) is 0.197. The Balaban J connectivity index is 1.54. The first-order valence-electron chi connectivity index (χ1n) is 10.7. The van der Waals surface area contributed by atoms with E-state index >= 15 is 0 Å². The molecular weight excluding hydrogens is 593 g/mol. The van der Waals surface area contributed by atoms with Crippen molar-refractivity contribution in [3.05, 3.63) is 61.0 Å². The zero-order chi connectivity index (χ0) is 23.4. The van der Waals surface area contributed by atoms with E-state index in [9.17, 15) is 4.79 Å². The molecule has 2 saturated heterocycles. The van der Waals surface area contributed by atoms with Gasteiger partial charge in [0.05, 0.1) is 27.7 Å². The zero-order valence-electron chi connectivity index (χ0n) is 18.0. The Morgan fingerprint density at radius 1 is 1.33 bits per heavy atom. The molecule has 33 heavy (non-hydrogen) atoms. The smallest absolute Gasteiger partial charge is 0.266 e. The van der Waals surface area contributed by atoms with Crippen LogP contribution in [-0.4, -0.2) is 41.0 Å². The van der Waals surface area contributed by atoms with Gasteiger partial charge in [0.15, 0.2) is 11.5 Å². The van der Waals surface area contributed by atoms with Crippen LogP contribution in [0.3, 0.4) is 0 Å². The molecule has 0 aliphatic carbocycles. The first-order valence-corrected chi connectivity index (χ1v) is 13.3. The predicted octanol–water partition coefficient (Wildman–Crippen LogP) is 6.30. The molecule has 0 radical (unpaired) electrons. The van der Waals surface area contributed by atoms with Gasteiger partial charge in [-0.2, -0.15) is 0 Å². The number of benzene rings is 2. The summed E-state index contributed by atoms with van der Waals surface area (Å²) in [6.45, 7) is 4.01. The molecule has 0 bridgehead atoms. The highest BCUT2D eigenvalue weighted by molar-refractivity contribution is 14.1. The standard InChI is InChI=1S/C24H23ClINO4S2/c1-2-29-20-11-15(10-19(26)22(20)31-14-16-6-3-4-8-18(16)25)12-21-23(28)27(24(32)33-21)13-17-7-5-9-30-17/h3-4,6,8,10-12,17H,2,5,7,9,13-14H2,1H3/b21-12-/t17-/m0/s1. The van der Waals surface area contributed by atoms with Crippen molar-refractivity contribution >= 4 is 74.5 Å². The summed E-state index contributed by atoms with van der Waals surface area (Å²) in [4.78, 5) is 15.2.